The van der Waals surface area contributed by atoms with Gasteiger partial charge in [-0.05, 0) is 31.7 Å². The number of likely N-dealkylation sites (N-methyl/N-ethyl adjacent to an activating group) is 1. The lowest BCUT2D eigenvalue weighted by atomic mass is 9.42. The van der Waals surface area contributed by atoms with E-state index in [2.05, 4.69) is 11.8 Å². The fraction of sp³-hybridized carbons (Fsp3) is 1.00. The number of hydrogen-bond acceptors (Lipinski definition) is 8. The number of nitrogens with zero attached hydrogens (tertiary/aromatic N) is 1. The van der Waals surface area contributed by atoms with E-state index in [0.717, 1.165) is 32.4 Å². The van der Waals surface area contributed by atoms with E-state index in [1.807, 2.05) is 0 Å². The van der Waals surface area contributed by atoms with Gasteiger partial charge in [-0.3, -0.25) is 4.90 Å². The summed E-state index contributed by atoms with van der Waals surface area (Å²) in [6.07, 6.45) is 1.21. The first-order valence-corrected chi connectivity index (χ1v) is 12.7. The van der Waals surface area contributed by atoms with E-state index in [1.54, 1.807) is 28.4 Å². The molecular weight excluding hydrogens is 426 g/mol. The van der Waals surface area contributed by atoms with Crippen LogP contribution in [0, 0.1) is 34.5 Å². The molecule has 3 N–H and O–H groups in total. The topological polar surface area (TPSA) is 101 Å². The number of ether oxygens (including phenoxy) is 4. The SMILES string of the molecule is CCN1C[C@]2(COC)CC[C@H](OC)[C@@]34[C@@H]5C[C@H]6[C@H](O)[C@@H]5[C@](O)(C[C@@H]6OC)[C@@](O)([C@@H](OC)[C@H]23)[C@@H]14. The van der Waals surface area contributed by atoms with Gasteiger partial charge in [-0.2, -0.15) is 0 Å². The zero-order chi connectivity index (χ0) is 23.6. The third-order valence-electron chi connectivity index (χ3n) is 11.5. The Bertz CT molecular complexity index is 814. The number of aliphatic hydroxyl groups excluding tert-OH is 1. The molecule has 0 aromatic carbocycles. The molecule has 8 heteroatoms. The van der Waals surface area contributed by atoms with Crippen LogP contribution < -0.4 is 0 Å². The van der Waals surface area contributed by atoms with Crippen LogP contribution in [0.3, 0.4) is 0 Å². The number of aliphatic hydroxyl groups is 3. The Kier molecular flexibility index (Phi) is 4.99. The highest BCUT2D eigenvalue weighted by molar-refractivity contribution is 5.41. The molecule has 1 spiro atoms. The van der Waals surface area contributed by atoms with Gasteiger partial charge in [0, 0.05) is 70.0 Å². The Morgan fingerprint density at radius 3 is 2.42 bits per heavy atom. The molecular formula is C25H41NO7. The Morgan fingerprint density at radius 1 is 1.06 bits per heavy atom. The average molecular weight is 468 g/mol. The highest BCUT2D eigenvalue weighted by atomic mass is 16.5. The van der Waals surface area contributed by atoms with Gasteiger partial charge in [0.25, 0.3) is 0 Å². The van der Waals surface area contributed by atoms with Gasteiger partial charge >= 0.3 is 0 Å². The van der Waals surface area contributed by atoms with Crippen LogP contribution in [0.25, 0.3) is 0 Å². The molecule has 0 radical (unpaired) electrons. The van der Waals surface area contributed by atoms with E-state index < -0.39 is 34.7 Å². The second-order valence-corrected chi connectivity index (χ2v) is 11.9. The molecule has 8 nitrogen and oxygen atoms in total. The van der Waals surface area contributed by atoms with Crippen molar-refractivity contribution in [1.29, 1.82) is 0 Å². The van der Waals surface area contributed by atoms with Crippen LogP contribution in [0.1, 0.15) is 32.6 Å². The molecule has 0 unspecified atom stereocenters. The molecule has 7 bridgehead atoms. The van der Waals surface area contributed by atoms with Gasteiger partial charge in [-0.25, -0.2) is 0 Å². The monoisotopic (exact) mass is 467 g/mol. The quantitative estimate of drug-likeness (QED) is 0.512. The van der Waals surface area contributed by atoms with Crippen molar-refractivity contribution < 1.29 is 34.3 Å². The molecule has 0 amide bonds. The number of piperidine rings is 1. The average Bonchev–Trinajstić information content (AvgIpc) is 3.16. The molecule has 6 rings (SSSR count). The summed E-state index contributed by atoms with van der Waals surface area (Å²) < 4.78 is 24.2. The summed E-state index contributed by atoms with van der Waals surface area (Å²) in [4.78, 5) is 2.38. The summed E-state index contributed by atoms with van der Waals surface area (Å²) in [5.41, 5.74) is -3.70. The Labute approximate surface area is 196 Å². The molecule has 1 aliphatic heterocycles. The van der Waals surface area contributed by atoms with Gasteiger partial charge in [0.05, 0.1) is 37.1 Å². The van der Waals surface area contributed by atoms with E-state index in [9.17, 15) is 15.3 Å². The summed E-state index contributed by atoms with van der Waals surface area (Å²) in [6.45, 7) is 4.28. The molecule has 5 aliphatic carbocycles. The minimum Gasteiger partial charge on any atom is -0.392 e. The molecule has 6 aliphatic rings. The standard InChI is InChI=1S/C25H41NO7/c1-6-26-11-22(12-30-2)8-7-16(32-4)24-14-9-13-15(31-3)10-23(28,17(14)18(13)27)25(29,21(24)26)20(33-5)19(22)24/h13-21,27-29H,6-12H2,1-5H3/t13-,14-,15+,16+,17-,18+,19-,20+,21+,22+,23-,24+,25-/m1/s1. The summed E-state index contributed by atoms with van der Waals surface area (Å²) in [5.74, 6) is -0.492. The molecule has 1 saturated heterocycles. The van der Waals surface area contributed by atoms with Crippen molar-refractivity contribution in [2.45, 2.75) is 74.3 Å². The van der Waals surface area contributed by atoms with E-state index in [-0.39, 0.29) is 41.4 Å². The summed E-state index contributed by atoms with van der Waals surface area (Å²) in [5, 5.41) is 37.1. The largest absolute Gasteiger partial charge is 0.392 e. The predicted molar refractivity (Wildman–Crippen MR) is 119 cm³/mol. The van der Waals surface area contributed by atoms with Crippen molar-refractivity contribution >= 4 is 0 Å². The van der Waals surface area contributed by atoms with Crippen molar-refractivity contribution in [2.24, 2.45) is 34.5 Å². The molecule has 188 valence electrons. The molecule has 0 aromatic rings. The van der Waals surface area contributed by atoms with E-state index >= 15 is 0 Å². The number of hydrogen-bond donors (Lipinski definition) is 3. The van der Waals surface area contributed by atoms with E-state index in [4.69, 9.17) is 18.9 Å². The van der Waals surface area contributed by atoms with Crippen molar-refractivity contribution in [2.75, 3.05) is 48.1 Å². The van der Waals surface area contributed by atoms with Gasteiger partial charge in [0.2, 0.25) is 0 Å². The van der Waals surface area contributed by atoms with Crippen LogP contribution in [-0.2, 0) is 18.9 Å². The maximum absolute atomic E-state index is 12.9. The normalized spacial score (nSPS) is 60.9. The fourth-order valence-electron chi connectivity index (χ4n) is 11.0. The number of rotatable bonds is 6. The molecule has 5 saturated carbocycles. The first kappa shape index (κ1) is 23.1. The second kappa shape index (κ2) is 7.13. The van der Waals surface area contributed by atoms with Crippen LogP contribution in [-0.4, -0.2) is 110 Å². The highest BCUT2D eigenvalue weighted by Gasteiger charge is 2.91. The minimum atomic E-state index is -1.55. The van der Waals surface area contributed by atoms with Crippen LogP contribution in [0.4, 0.5) is 0 Å². The van der Waals surface area contributed by atoms with Gasteiger partial charge < -0.3 is 34.3 Å². The van der Waals surface area contributed by atoms with Gasteiger partial charge in [0.15, 0.2) is 0 Å². The maximum atomic E-state index is 12.9. The lowest BCUT2D eigenvalue weighted by Crippen LogP contribution is -2.82. The van der Waals surface area contributed by atoms with Gasteiger partial charge in [0.1, 0.15) is 11.2 Å². The molecule has 0 aromatic heterocycles. The number of methoxy groups -OCH3 is 4. The smallest absolute Gasteiger partial charge is 0.136 e. The third-order valence-corrected chi connectivity index (χ3v) is 11.5. The van der Waals surface area contributed by atoms with Crippen LogP contribution in [0.2, 0.25) is 0 Å². The van der Waals surface area contributed by atoms with E-state index in [0.29, 0.717) is 13.0 Å². The first-order chi connectivity index (χ1) is 15.8. The Balaban J connectivity index is 1.68. The fourth-order valence-corrected chi connectivity index (χ4v) is 11.0. The summed E-state index contributed by atoms with van der Waals surface area (Å²) in [6, 6.07) is -0.312. The van der Waals surface area contributed by atoms with Crippen molar-refractivity contribution in [3.63, 3.8) is 0 Å². The van der Waals surface area contributed by atoms with Gasteiger partial charge in [-0.15, -0.1) is 0 Å². The predicted octanol–water partition coefficient (Wildman–Crippen LogP) is 0.271. The lowest BCUT2D eigenvalue weighted by Gasteiger charge is -2.70. The lowest BCUT2D eigenvalue weighted by molar-refractivity contribution is -0.318. The maximum Gasteiger partial charge on any atom is 0.136 e. The zero-order valence-electron chi connectivity index (χ0n) is 20.6. The van der Waals surface area contributed by atoms with Crippen molar-refractivity contribution in [3.05, 3.63) is 0 Å². The first-order valence-electron chi connectivity index (χ1n) is 12.7. The molecule has 1 heterocycles. The second-order valence-electron chi connectivity index (χ2n) is 11.9. The molecule has 13 atom stereocenters. The molecule has 33 heavy (non-hydrogen) atoms. The van der Waals surface area contributed by atoms with Crippen LogP contribution >= 0.6 is 0 Å². The number of likely N-dealkylation sites (tertiary alicyclic amines) is 1. The Morgan fingerprint density at radius 2 is 1.82 bits per heavy atom. The van der Waals surface area contributed by atoms with Crippen LogP contribution in [0.5, 0.6) is 0 Å². The molecule has 6 fully saturated rings. The Hall–Kier alpha value is -0.320. The minimum absolute atomic E-state index is 0.00825. The summed E-state index contributed by atoms with van der Waals surface area (Å²) >= 11 is 0. The highest BCUT2D eigenvalue weighted by Crippen LogP contribution is 2.80. The van der Waals surface area contributed by atoms with Crippen molar-refractivity contribution in [1.82, 2.24) is 4.90 Å². The van der Waals surface area contributed by atoms with Crippen molar-refractivity contribution in [3.8, 4) is 0 Å². The number of fused-ring (bicyclic) bond motifs is 2. The van der Waals surface area contributed by atoms with Crippen LogP contribution in [0.15, 0.2) is 0 Å². The van der Waals surface area contributed by atoms with Gasteiger partial charge in [-0.1, -0.05) is 6.92 Å². The zero-order valence-corrected chi connectivity index (χ0v) is 20.6. The summed E-state index contributed by atoms with van der Waals surface area (Å²) in [7, 11) is 6.85. The third kappa shape index (κ3) is 2.20. The van der Waals surface area contributed by atoms with E-state index in [1.165, 1.54) is 0 Å².